The standard InChI is InChI=1S/C24H30N2O2.C23H30N2OS.C19H22N2.C19H19NO.C12H21NO2.C10H18O5.C4H11NOS.ClHN4.2H2O.Pd.H2S/c1-23(2,3)28-22(27)25-20-14-15-24(20)16-26(17-24)21(18-10-6-4-7-11-18)19-12-8-5-9-13-19;1-22(2,3)27(26)24-20-14-15-23(20)16-25(17-23)21(18-10-6-4-7-11-18)19-12-8-5-9-13-19;20-17-11-12-19(17)13-21(14-19)18(15-7-3-1-4-8-15)16-9-5-2-6-10-16;21-17-11-12-19(17)13-20(14-19)18(15-7-3-1-4-8-15)16-9-5-2-6-10-16;1-11(2,3)15-10(14)13-9-5-8-12(9)6-4-7-12;1-9(2,3)14-7(11)13-8(12)15-10(4,5)6;1-4(2,3)7(5)6;1-3-5-4-2;;;;/h4-13,20-21H,14-17H2,1-3H3,(H,25,27);4-13,20-21,24H,14-17H2,1-3H3;1-10,17-18H,11-14,20H2;1-10,18H,11-14H2;9H,4-8H2,1-3H3,(H,13,14);1-6H3;5H2,1-3H3;2H;2*1H2;;1H2/t20-;20-,27-;17-;;9-;;7-;;;;;/m000.0.0...../s1. The summed E-state index contributed by atoms with van der Waals surface area (Å²) >= 11 is 4.55. The molecule has 5 spiro atoms. The molecule has 4 heterocycles. The molecule has 12 N–H and O–H groups in total. The van der Waals surface area contributed by atoms with E-state index in [0.717, 1.165) is 84.5 Å². The van der Waals surface area contributed by atoms with Crippen molar-refractivity contribution >= 4 is 77.5 Å². The van der Waals surface area contributed by atoms with Gasteiger partial charge in [-0.15, -0.1) is 0 Å². The number of Topliss-reactive ketones (excluding diaryl/α,β-unsaturated/α-hetero) is 1. The molecular formula is C111H158ClN13O14PdS3. The van der Waals surface area contributed by atoms with E-state index in [4.69, 9.17) is 35.4 Å². The predicted octanol–water partition coefficient (Wildman–Crippen LogP) is 21.8. The Morgan fingerprint density at radius 3 is 0.839 bits per heavy atom. The van der Waals surface area contributed by atoms with Gasteiger partial charge < -0.3 is 51.0 Å². The zero-order chi connectivity index (χ0) is 101. The Bertz CT molecular complexity index is 5160. The third-order valence-electron chi connectivity index (χ3n) is 27.8. The number of nitrogens with one attached hydrogen (secondary N) is 4. The molecule has 0 radical (unpaired) electrons. The van der Waals surface area contributed by atoms with E-state index in [1.165, 1.54) is 95.9 Å². The number of carbonyl (C=O) groups excluding carboxylic acids is 5. The molecule has 0 aromatic heterocycles. The van der Waals surface area contributed by atoms with Crippen LogP contribution < -0.4 is 26.2 Å². The van der Waals surface area contributed by atoms with E-state index in [1.807, 2.05) is 83.1 Å². The first-order chi connectivity index (χ1) is 65.6. The van der Waals surface area contributed by atoms with Crippen LogP contribution in [0.5, 0.6) is 0 Å². The normalized spacial score (nSPS) is 20.2. The molecule has 4 saturated heterocycles. The fourth-order valence-electron chi connectivity index (χ4n) is 19.9. The molecule has 18 rings (SSSR count). The molecule has 786 valence electrons. The van der Waals surface area contributed by atoms with Gasteiger partial charge in [0.05, 0.1) is 72.8 Å². The van der Waals surface area contributed by atoms with Crippen LogP contribution in [-0.2, 0) is 70.9 Å². The maximum absolute atomic E-state index is 12.5. The van der Waals surface area contributed by atoms with Crippen LogP contribution in [0.3, 0.4) is 0 Å². The Morgan fingerprint density at radius 1 is 0.399 bits per heavy atom. The molecule has 8 aromatic carbocycles. The average molecular weight is 2140 g/mol. The number of amides is 2. The van der Waals surface area contributed by atoms with Gasteiger partial charge in [-0.05, 0) is 256 Å². The van der Waals surface area contributed by atoms with Crippen molar-refractivity contribution in [1.29, 1.82) is 5.53 Å². The van der Waals surface area contributed by atoms with Gasteiger partial charge in [0, 0.05) is 120 Å². The number of ketones is 1. The summed E-state index contributed by atoms with van der Waals surface area (Å²) in [6.45, 7) is 41.3. The van der Waals surface area contributed by atoms with E-state index in [1.54, 1.807) is 41.5 Å². The maximum Gasteiger partial charge on any atom is 0.519 e. The Balaban J connectivity index is 0.000000229. The van der Waals surface area contributed by atoms with Crippen molar-refractivity contribution < 1.29 is 87.5 Å². The van der Waals surface area contributed by atoms with Gasteiger partial charge in [-0.2, -0.15) is 19.0 Å². The first-order valence-electron chi connectivity index (χ1n) is 49.1. The SMILES string of the molecule is CC(C)(C)OC(=O)N[C@H]1CCC12CCC2.CC(C)(C)OC(=O)N[C@H]1CCC12CN(C(c1ccccc1)c1ccccc1)C2.CC(C)(C)OC(=O)OC(=O)OC(C)(C)C.CC(C)(C)[S@@](N)=O.CC(C)(C)[S@](=O)N[C@H]1CCC12CN(C(c1ccccc1)c1ccccc1)C2.N=NN=NCl.N[C@H]1CCC12CN(C(c1ccccc1)c1ccccc1)C2.O.O.O=C1CCC12CN(C(c1ccccc1)c1ccccc1)C2.S.[Pd]. The summed E-state index contributed by atoms with van der Waals surface area (Å²) in [5.41, 5.74) is 22.0. The summed E-state index contributed by atoms with van der Waals surface area (Å²) in [6.07, 6.45) is 12.6. The van der Waals surface area contributed by atoms with Gasteiger partial charge in [0.15, 0.2) is 0 Å². The molecule has 8 aromatic rings. The number of hydrogen-bond donors (Lipinski definition) is 6. The van der Waals surface area contributed by atoms with E-state index >= 15 is 0 Å². The van der Waals surface area contributed by atoms with Gasteiger partial charge in [0.1, 0.15) is 28.2 Å². The van der Waals surface area contributed by atoms with Crippen LogP contribution in [0.2, 0.25) is 0 Å². The van der Waals surface area contributed by atoms with Gasteiger partial charge in [0.25, 0.3) is 0 Å². The van der Waals surface area contributed by atoms with Crippen molar-refractivity contribution in [2.45, 2.75) is 288 Å². The largest absolute Gasteiger partial charge is 0.519 e. The fraction of sp³-hybridized carbons (Fsp3) is 0.523. The molecule has 10 aliphatic rings. The van der Waals surface area contributed by atoms with Crippen molar-refractivity contribution in [3.63, 3.8) is 0 Å². The van der Waals surface area contributed by atoms with E-state index in [0.29, 0.717) is 52.2 Å². The van der Waals surface area contributed by atoms with E-state index in [2.05, 4.69) is 309 Å². The van der Waals surface area contributed by atoms with Crippen LogP contribution in [0.1, 0.15) is 277 Å². The Kier molecular flexibility index (Phi) is 44.6. The second kappa shape index (κ2) is 52.7. The molecule has 6 atom stereocenters. The van der Waals surface area contributed by atoms with Crippen LogP contribution in [0.25, 0.3) is 0 Å². The quantitative estimate of drug-likeness (QED) is 0.0123. The number of rotatable bonds is 17. The topological polar surface area (TPSA) is 391 Å². The van der Waals surface area contributed by atoms with Gasteiger partial charge in [0.2, 0.25) is 0 Å². The van der Waals surface area contributed by atoms with Crippen LogP contribution >= 0.6 is 25.3 Å². The number of halogens is 1. The number of ether oxygens (including phenoxy) is 5. The van der Waals surface area contributed by atoms with Crippen molar-refractivity contribution in [2.75, 3.05) is 52.4 Å². The van der Waals surface area contributed by atoms with Gasteiger partial charge in [-0.3, -0.25) is 29.5 Å². The van der Waals surface area contributed by atoms with E-state index < -0.39 is 51.1 Å². The first kappa shape index (κ1) is 121. The van der Waals surface area contributed by atoms with Crippen LogP contribution in [-0.4, -0.2) is 178 Å². The van der Waals surface area contributed by atoms with Crippen LogP contribution in [0, 0.1) is 32.6 Å². The van der Waals surface area contributed by atoms with Crippen molar-refractivity contribution in [1.82, 2.24) is 35.0 Å². The molecule has 6 aliphatic carbocycles. The molecule has 10 fully saturated rings. The zero-order valence-electron chi connectivity index (χ0n) is 86.8. The van der Waals surface area contributed by atoms with Gasteiger partial charge >= 0.3 is 24.5 Å². The van der Waals surface area contributed by atoms with Crippen molar-refractivity contribution in [3.05, 3.63) is 287 Å². The molecule has 0 unspecified atom stereocenters. The molecule has 6 saturated carbocycles. The second-order valence-corrected chi connectivity index (χ2v) is 48.9. The Morgan fingerprint density at radius 2 is 0.657 bits per heavy atom. The smallest absolute Gasteiger partial charge is 0.444 e. The third kappa shape index (κ3) is 33.6. The number of hydrogen-bond acceptors (Lipinski definition) is 19. The maximum atomic E-state index is 12.5. The predicted molar refractivity (Wildman–Crippen MR) is 571 cm³/mol. The molecule has 4 aliphatic heterocycles. The number of nitrogens with zero attached hydrogens (tertiary/aromatic N) is 7. The van der Waals surface area contributed by atoms with Gasteiger partial charge in [-0.25, -0.2) is 32.3 Å². The summed E-state index contributed by atoms with van der Waals surface area (Å²) in [6, 6.07) is 88.5. The number of alkyl carbamates (subject to hydrolysis) is 2. The van der Waals surface area contributed by atoms with Crippen molar-refractivity contribution in [3.8, 4) is 0 Å². The average Bonchev–Trinajstić information content (AvgIpc) is 0.742. The van der Waals surface area contributed by atoms with Crippen LogP contribution in [0.15, 0.2) is 258 Å². The van der Waals surface area contributed by atoms with Gasteiger partial charge in [-0.1, -0.05) is 254 Å². The summed E-state index contributed by atoms with van der Waals surface area (Å²) in [5.74, 6) is 0.471. The Labute approximate surface area is 880 Å². The minimum Gasteiger partial charge on any atom is -0.444 e. The Hall–Kier alpha value is -8.85. The molecule has 2 amide bonds. The van der Waals surface area contributed by atoms with E-state index in [-0.39, 0.29) is 101 Å². The summed E-state index contributed by atoms with van der Waals surface area (Å²) < 4.78 is 53.0. The first-order valence-corrected chi connectivity index (χ1v) is 51.8. The fourth-order valence-corrected chi connectivity index (χ4v) is 20.9. The molecular weight excluding hydrogens is 1980 g/mol. The summed E-state index contributed by atoms with van der Waals surface area (Å²) in [4.78, 5) is 67.8. The number of nitrogens with two attached hydrogens (primary N) is 2. The molecule has 143 heavy (non-hydrogen) atoms. The summed E-state index contributed by atoms with van der Waals surface area (Å²) in [5, 5.41) is 16.2. The zero-order valence-corrected chi connectivity index (χ0v) is 91.7. The number of carbonyl (C=O) groups is 5. The van der Waals surface area contributed by atoms with Crippen molar-refractivity contribution in [2.24, 2.45) is 53.0 Å². The molecule has 27 nitrogen and oxygen atoms in total. The second-order valence-electron chi connectivity index (χ2n) is 44.9. The molecule has 32 heteroatoms. The minimum absolute atomic E-state index is 0. The van der Waals surface area contributed by atoms with E-state index in [9.17, 15) is 32.4 Å². The monoisotopic (exact) mass is 2130 g/mol. The minimum atomic E-state index is -1.18. The number of likely N-dealkylation sites (tertiary alicyclic amines) is 4. The number of benzene rings is 8. The molecule has 0 bridgehead atoms. The summed E-state index contributed by atoms with van der Waals surface area (Å²) in [7, 11) is -2.18. The third-order valence-corrected chi connectivity index (χ3v) is 30.7. The van der Waals surface area contributed by atoms with Crippen LogP contribution in [0.4, 0.5) is 19.2 Å².